The molecule has 0 N–H and O–H groups in total. The molecule has 0 saturated carbocycles. The molecule has 0 aliphatic carbocycles. The van der Waals surface area contributed by atoms with Crippen LogP contribution in [-0.2, 0) is 16.3 Å². The van der Waals surface area contributed by atoms with E-state index in [-0.39, 0.29) is 0 Å². The van der Waals surface area contributed by atoms with E-state index in [2.05, 4.69) is 39.0 Å². The van der Waals surface area contributed by atoms with Crippen molar-refractivity contribution in [2.45, 2.75) is 63.7 Å². The lowest BCUT2D eigenvalue weighted by Gasteiger charge is -2.20. The molecule has 0 saturated heterocycles. The Morgan fingerprint density at radius 1 is 0.960 bits per heavy atom. The molecule has 136 valence electrons. The maximum atomic E-state index is 11.9. The van der Waals surface area contributed by atoms with Crippen LogP contribution in [0.15, 0.2) is 47.4 Å². The van der Waals surface area contributed by atoms with Gasteiger partial charge in [-0.1, -0.05) is 63.9 Å². The summed E-state index contributed by atoms with van der Waals surface area (Å²) >= 11 is 0. The summed E-state index contributed by atoms with van der Waals surface area (Å²) in [5.41, 5.74) is 4.90. The second-order valence-electron chi connectivity index (χ2n) is 6.87. The quantitative estimate of drug-likeness (QED) is 0.579. The first-order chi connectivity index (χ1) is 11.9. The summed E-state index contributed by atoms with van der Waals surface area (Å²) in [4.78, 5) is 0.386. The summed E-state index contributed by atoms with van der Waals surface area (Å²) in [5.74, 6) is 0.513. The number of aryl methyl sites for hydroxylation is 1. The van der Waals surface area contributed by atoms with E-state index in [0.29, 0.717) is 10.8 Å². The zero-order chi connectivity index (χ0) is 18.4. The van der Waals surface area contributed by atoms with Crippen LogP contribution in [0.4, 0.5) is 0 Å². The summed E-state index contributed by atoms with van der Waals surface area (Å²) in [6, 6.07) is 14.1. The van der Waals surface area contributed by atoms with Gasteiger partial charge in [0, 0.05) is 6.26 Å². The van der Waals surface area contributed by atoms with Gasteiger partial charge in [-0.3, -0.25) is 0 Å². The number of sulfone groups is 1. The van der Waals surface area contributed by atoms with Crippen LogP contribution >= 0.6 is 0 Å². The van der Waals surface area contributed by atoms with Crippen LogP contribution < -0.4 is 0 Å². The molecule has 25 heavy (non-hydrogen) atoms. The standard InChI is InChI=1S/C22H30O2S/c1-5-9-17-13-14-21(22(15-17)18(7-3)10-6-2)19-11-8-12-20(16-19)25(4,23)24/h8,11-16,18H,5-7,9-10H2,1-4H3. The number of rotatable bonds is 8. The minimum absolute atomic E-state index is 0.386. The lowest BCUT2D eigenvalue weighted by atomic mass is 9.85. The largest absolute Gasteiger partial charge is 0.224 e. The minimum Gasteiger partial charge on any atom is -0.224 e. The van der Waals surface area contributed by atoms with Crippen molar-refractivity contribution in [2.24, 2.45) is 0 Å². The van der Waals surface area contributed by atoms with Gasteiger partial charge in [-0.25, -0.2) is 8.42 Å². The Morgan fingerprint density at radius 3 is 2.32 bits per heavy atom. The molecule has 0 aliphatic rings. The first-order valence-corrected chi connectivity index (χ1v) is 11.2. The number of hydrogen-bond donors (Lipinski definition) is 0. The second kappa shape index (κ2) is 8.66. The Hall–Kier alpha value is -1.61. The molecule has 0 radical (unpaired) electrons. The highest BCUT2D eigenvalue weighted by molar-refractivity contribution is 7.90. The fourth-order valence-electron chi connectivity index (χ4n) is 3.48. The third kappa shape index (κ3) is 4.94. The summed E-state index contributed by atoms with van der Waals surface area (Å²) in [7, 11) is -3.20. The van der Waals surface area contributed by atoms with E-state index in [1.165, 1.54) is 22.9 Å². The van der Waals surface area contributed by atoms with Crippen molar-refractivity contribution in [1.82, 2.24) is 0 Å². The number of hydrogen-bond acceptors (Lipinski definition) is 2. The predicted molar refractivity (Wildman–Crippen MR) is 107 cm³/mol. The van der Waals surface area contributed by atoms with Crippen molar-refractivity contribution in [3.8, 4) is 11.1 Å². The second-order valence-corrected chi connectivity index (χ2v) is 8.88. The highest BCUT2D eigenvalue weighted by atomic mass is 32.2. The van der Waals surface area contributed by atoms with Crippen LogP contribution in [0.2, 0.25) is 0 Å². The topological polar surface area (TPSA) is 34.1 Å². The average Bonchev–Trinajstić information content (AvgIpc) is 2.59. The van der Waals surface area contributed by atoms with Crippen LogP contribution in [0.1, 0.15) is 63.5 Å². The van der Waals surface area contributed by atoms with Crippen molar-refractivity contribution in [3.05, 3.63) is 53.6 Å². The highest BCUT2D eigenvalue weighted by Crippen LogP contribution is 2.35. The first kappa shape index (κ1) is 19.7. The van der Waals surface area contributed by atoms with Crippen molar-refractivity contribution >= 4 is 9.84 Å². The Morgan fingerprint density at radius 2 is 1.72 bits per heavy atom. The van der Waals surface area contributed by atoms with E-state index in [9.17, 15) is 8.42 Å². The molecule has 1 atom stereocenters. The molecular weight excluding hydrogens is 328 g/mol. The molecule has 2 aromatic carbocycles. The van der Waals surface area contributed by atoms with Gasteiger partial charge in [0.1, 0.15) is 0 Å². The van der Waals surface area contributed by atoms with E-state index < -0.39 is 9.84 Å². The summed E-state index contributed by atoms with van der Waals surface area (Å²) < 4.78 is 23.9. The maximum absolute atomic E-state index is 11.9. The Bertz CT molecular complexity index is 807. The van der Waals surface area contributed by atoms with Crippen molar-refractivity contribution in [1.29, 1.82) is 0 Å². The average molecular weight is 359 g/mol. The lowest BCUT2D eigenvalue weighted by molar-refractivity contribution is 0.596. The third-order valence-corrected chi connectivity index (χ3v) is 5.91. The highest BCUT2D eigenvalue weighted by Gasteiger charge is 2.16. The molecule has 0 bridgehead atoms. The van der Waals surface area contributed by atoms with Gasteiger partial charge >= 0.3 is 0 Å². The SMILES string of the molecule is CCCc1ccc(-c2cccc(S(C)(=O)=O)c2)c(C(CC)CCC)c1. The smallest absolute Gasteiger partial charge is 0.175 e. The van der Waals surface area contributed by atoms with Gasteiger partial charge in [0.25, 0.3) is 0 Å². The first-order valence-electron chi connectivity index (χ1n) is 9.34. The molecule has 0 spiro atoms. The van der Waals surface area contributed by atoms with Gasteiger partial charge in [-0.15, -0.1) is 0 Å². The van der Waals surface area contributed by atoms with Crippen LogP contribution in [0.5, 0.6) is 0 Å². The Balaban J connectivity index is 2.60. The third-order valence-electron chi connectivity index (χ3n) is 4.80. The van der Waals surface area contributed by atoms with Gasteiger partial charge in [-0.05, 0) is 59.6 Å². The van der Waals surface area contributed by atoms with Gasteiger partial charge < -0.3 is 0 Å². The fourth-order valence-corrected chi connectivity index (χ4v) is 4.15. The molecule has 0 aliphatic heterocycles. The van der Waals surface area contributed by atoms with Crippen LogP contribution in [0, 0.1) is 0 Å². The molecule has 0 aromatic heterocycles. The molecule has 1 unspecified atom stereocenters. The zero-order valence-corrected chi connectivity index (χ0v) is 16.7. The monoisotopic (exact) mass is 358 g/mol. The van der Waals surface area contributed by atoms with Crippen LogP contribution in [0.25, 0.3) is 11.1 Å². The van der Waals surface area contributed by atoms with Crippen molar-refractivity contribution in [2.75, 3.05) is 6.26 Å². The van der Waals surface area contributed by atoms with Gasteiger partial charge in [-0.2, -0.15) is 0 Å². The van der Waals surface area contributed by atoms with Gasteiger partial charge in [0.2, 0.25) is 0 Å². The van der Waals surface area contributed by atoms with Gasteiger partial charge in [0.05, 0.1) is 4.90 Å². The molecule has 0 heterocycles. The zero-order valence-electron chi connectivity index (χ0n) is 15.9. The molecule has 0 amide bonds. The lowest BCUT2D eigenvalue weighted by Crippen LogP contribution is -2.02. The van der Waals surface area contributed by atoms with Crippen LogP contribution in [-0.4, -0.2) is 14.7 Å². The van der Waals surface area contributed by atoms with E-state index >= 15 is 0 Å². The van der Waals surface area contributed by atoms with Crippen molar-refractivity contribution in [3.63, 3.8) is 0 Å². The normalized spacial score (nSPS) is 13.0. The minimum atomic E-state index is -3.20. The van der Waals surface area contributed by atoms with Gasteiger partial charge in [0.15, 0.2) is 9.84 Å². The molecule has 2 nitrogen and oxygen atoms in total. The summed E-state index contributed by atoms with van der Waals surface area (Å²) in [6.45, 7) is 6.67. The van der Waals surface area contributed by atoms with E-state index in [1.54, 1.807) is 6.07 Å². The van der Waals surface area contributed by atoms with E-state index in [1.807, 2.05) is 18.2 Å². The molecule has 3 heteroatoms. The number of benzene rings is 2. The fraction of sp³-hybridized carbons (Fsp3) is 0.455. The summed E-state index contributed by atoms with van der Waals surface area (Å²) in [5, 5.41) is 0. The van der Waals surface area contributed by atoms with Crippen molar-refractivity contribution < 1.29 is 8.42 Å². The molecular formula is C22H30O2S. The maximum Gasteiger partial charge on any atom is 0.175 e. The molecule has 2 aromatic rings. The summed E-state index contributed by atoms with van der Waals surface area (Å²) in [6.07, 6.45) is 6.89. The van der Waals surface area contributed by atoms with Crippen LogP contribution in [0.3, 0.4) is 0 Å². The van der Waals surface area contributed by atoms with E-state index in [0.717, 1.165) is 37.7 Å². The van der Waals surface area contributed by atoms with E-state index in [4.69, 9.17) is 0 Å². The molecule has 2 rings (SSSR count). The Labute approximate surface area is 153 Å². The molecule has 0 fully saturated rings. The predicted octanol–water partition coefficient (Wildman–Crippen LogP) is 6.00. The Kier molecular flexibility index (Phi) is 6.83.